The van der Waals surface area contributed by atoms with Gasteiger partial charge >= 0.3 is 6.03 Å². The first-order valence-electron chi connectivity index (χ1n) is 8.26. The predicted octanol–water partition coefficient (Wildman–Crippen LogP) is 3.52. The van der Waals surface area contributed by atoms with Gasteiger partial charge in [0.25, 0.3) is 0 Å². The van der Waals surface area contributed by atoms with Crippen molar-refractivity contribution in [2.24, 2.45) is 11.8 Å². The Bertz CT molecular complexity index is 517. The van der Waals surface area contributed by atoms with E-state index < -0.39 is 0 Å². The largest absolute Gasteiger partial charge is 0.481 e. The molecular formula is C17H25N3O2. The second-order valence-electron chi connectivity index (χ2n) is 6.49. The summed E-state index contributed by atoms with van der Waals surface area (Å²) in [7, 11) is 1.58. The summed E-state index contributed by atoms with van der Waals surface area (Å²) in [5.74, 6) is 1.95. The van der Waals surface area contributed by atoms with E-state index in [1.54, 1.807) is 19.4 Å². The summed E-state index contributed by atoms with van der Waals surface area (Å²) in [6.07, 6.45) is 7.70. The minimum absolute atomic E-state index is 0.00997. The van der Waals surface area contributed by atoms with Gasteiger partial charge in [-0.05, 0) is 37.2 Å². The first-order valence-corrected chi connectivity index (χ1v) is 8.26. The van der Waals surface area contributed by atoms with Crippen molar-refractivity contribution in [2.75, 3.05) is 19.0 Å². The van der Waals surface area contributed by atoms with Crippen LogP contribution in [0.5, 0.6) is 5.88 Å². The van der Waals surface area contributed by atoms with E-state index in [4.69, 9.17) is 4.74 Å². The molecule has 2 aliphatic rings. The molecule has 1 saturated heterocycles. The van der Waals surface area contributed by atoms with E-state index in [-0.39, 0.29) is 6.03 Å². The molecule has 3 atom stereocenters. The van der Waals surface area contributed by atoms with Gasteiger partial charge in [0.1, 0.15) is 0 Å². The van der Waals surface area contributed by atoms with Gasteiger partial charge in [0.2, 0.25) is 5.88 Å². The van der Waals surface area contributed by atoms with Crippen LogP contribution in [0.2, 0.25) is 0 Å². The number of ether oxygens (including phenoxy) is 1. The number of nitrogens with zero attached hydrogens (tertiary/aromatic N) is 2. The van der Waals surface area contributed by atoms with Crippen molar-refractivity contribution in [1.82, 2.24) is 9.88 Å². The number of piperidine rings is 1. The number of hydrogen-bond acceptors (Lipinski definition) is 3. The van der Waals surface area contributed by atoms with Crippen molar-refractivity contribution in [3.05, 3.63) is 18.3 Å². The van der Waals surface area contributed by atoms with Crippen LogP contribution in [-0.2, 0) is 0 Å². The van der Waals surface area contributed by atoms with Crippen LogP contribution >= 0.6 is 0 Å². The number of urea groups is 1. The number of rotatable bonds is 2. The molecule has 5 nitrogen and oxygen atoms in total. The fraction of sp³-hybridized carbons (Fsp3) is 0.647. The number of carbonyl (C=O) groups excluding carboxylic acids is 1. The van der Waals surface area contributed by atoms with E-state index in [1.165, 1.54) is 19.3 Å². The molecule has 1 aliphatic carbocycles. The molecule has 1 N–H and O–H groups in total. The van der Waals surface area contributed by atoms with Crippen LogP contribution in [0.4, 0.5) is 10.5 Å². The quantitative estimate of drug-likeness (QED) is 0.909. The van der Waals surface area contributed by atoms with Crippen molar-refractivity contribution in [3.8, 4) is 5.88 Å². The Morgan fingerprint density at radius 2 is 2.14 bits per heavy atom. The smallest absolute Gasteiger partial charge is 0.322 e. The van der Waals surface area contributed by atoms with E-state index >= 15 is 0 Å². The second kappa shape index (κ2) is 6.55. The Kier molecular flexibility index (Phi) is 4.50. The molecular weight excluding hydrogens is 278 g/mol. The fourth-order valence-corrected chi connectivity index (χ4v) is 3.94. The third kappa shape index (κ3) is 3.03. The third-order valence-corrected chi connectivity index (χ3v) is 5.20. The van der Waals surface area contributed by atoms with E-state index in [1.807, 2.05) is 11.0 Å². The number of carbonyl (C=O) groups is 1. The topological polar surface area (TPSA) is 54.5 Å². The number of amides is 2. The molecule has 120 valence electrons. The highest BCUT2D eigenvalue weighted by Gasteiger charge is 2.39. The molecule has 0 bridgehead atoms. The Morgan fingerprint density at radius 1 is 1.32 bits per heavy atom. The zero-order valence-corrected chi connectivity index (χ0v) is 13.4. The number of nitrogens with one attached hydrogen (secondary N) is 1. The molecule has 2 fully saturated rings. The minimum Gasteiger partial charge on any atom is -0.481 e. The lowest BCUT2D eigenvalue weighted by Gasteiger charge is -2.47. The van der Waals surface area contributed by atoms with Crippen molar-refractivity contribution >= 4 is 11.7 Å². The van der Waals surface area contributed by atoms with Gasteiger partial charge in [0, 0.05) is 18.7 Å². The van der Waals surface area contributed by atoms with Crippen LogP contribution in [0.25, 0.3) is 0 Å². The van der Waals surface area contributed by atoms with Crippen LogP contribution in [0.1, 0.15) is 39.0 Å². The molecule has 1 aromatic rings. The van der Waals surface area contributed by atoms with Crippen LogP contribution < -0.4 is 10.1 Å². The maximum absolute atomic E-state index is 12.6. The van der Waals surface area contributed by atoms with Gasteiger partial charge in [-0.3, -0.25) is 0 Å². The molecule has 0 unspecified atom stereocenters. The number of methoxy groups -OCH3 is 1. The molecule has 2 heterocycles. The number of fused-ring (bicyclic) bond motifs is 1. The first kappa shape index (κ1) is 15.1. The van der Waals surface area contributed by atoms with Crippen LogP contribution in [-0.4, -0.2) is 35.6 Å². The third-order valence-electron chi connectivity index (χ3n) is 5.20. The highest BCUT2D eigenvalue weighted by atomic mass is 16.5. The zero-order valence-electron chi connectivity index (χ0n) is 13.4. The maximum Gasteiger partial charge on any atom is 0.322 e. The summed E-state index contributed by atoms with van der Waals surface area (Å²) in [5.41, 5.74) is 0.719. The van der Waals surface area contributed by atoms with Gasteiger partial charge in [0.15, 0.2) is 0 Å². The lowest BCUT2D eigenvalue weighted by molar-refractivity contribution is 0.0551. The minimum atomic E-state index is 0.00997. The highest BCUT2D eigenvalue weighted by Crippen LogP contribution is 2.38. The normalized spacial score (nSPS) is 27.9. The van der Waals surface area contributed by atoms with E-state index in [0.717, 1.165) is 31.0 Å². The Morgan fingerprint density at radius 3 is 2.86 bits per heavy atom. The van der Waals surface area contributed by atoms with Crippen molar-refractivity contribution in [1.29, 1.82) is 0 Å². The molecule has 0 spiro atoms. The van der Waals surface area contributed by atoms with Gasteiger partial charge in [0.05, 0.1) is 19.0 Å². The summed E-state index contributed by atoms with van der Waals surface area (Å²) < 4.78 is 5.04. The first-order chi connectivity index (χ1) is 10.7. The Balaban J connectivity index is 1.67. The highest BCUT2D eigenvalue weighted by molar-refractivity contribution is 5.89. The summed E-state index contributed by atoms with van der Waals surface area (Å²) >= 11 is 0. The molecule has 1 aromatic heterocycles. The van der Waals surface area contributed by atoms with Crippen LogP contribution in [0.3, 0.4) is 0 Å². The van der Waals surface area contributed by atoms with Gasteiger partial charge in [-0.2, -0.15) is 0 Å². The van der Waals surface area contributed by atoms with Gasteiger partial charge in [-0.25, -0.2) is 9.78 Å². The number of aromatic nitrogens is 1. The lowest BCUT2D eigenvalue weighted by atomic mass is 9.73. The van der Waals surface area contributed by atoms with Crippen molar-refractivity contribution in [2.45, 2.75) is 45.1 Å². The van der Waals surface area contributed by atoms with Gasteiger partial charge in [-0.1, -0.05) is 19.8 Å². The zero-order chi connectivity index (χ0) is 15.5. The molecule has 2 amide bonds. The summed E-state index contributed by atoms with van der Waals surface area (Å²) in [4.78, 5) is 18.8. The number of hydrogen-bond donors (Lipinski definition) is 1. The molecule has 5 heteroatoms. The lowest BCUT2D eigenvalue weighted by Crippen LogP contribution is -2.53. The monoisotopic (exact) mass is 303 g/mol. The van der Waals surface area contributed by atoms with E-state index in [2.05, 4.69) is 17.2 Å². The van der Waals surface area contributed by atoms with Crippen LogP contribution in [0, 0.1) is 11.8 Å². The second-order valence-corrected chi connectivity index (χ2v) is 6.49. The molecule has 22 heavy (non-hydrogen) atoms. The number of anilines is 1. The van der Waals surface area contributed by atoms with Crippen molar-refractivity contribution < 1.29 is 9.53 Å². The molecule has 1 saturated carbocycles. The van der Waals surface area contributed by atoms with Gasteiger partial charge in [-0.15, -0.1) is 0 Å². The summed E-state index contributed by atoms with van der Waals surface area (Å²) in [6.45, 7) is 3.20. The predicted molar refractivity (Wildman–Crippen MR) is 86.0 cm³/mol. The van der Waals surface area contributed by atoms with E-state index in [9.17, 15) is 4.79 Å². The Hall–Kier alpha value is -1.78. The Labute approximate surface area is 132 Å². The molecule has 3 rings (SSSR count). The molecule has 0 radical (unpaired) electrons. The summed E-state index contributed by atoms with van der Waals surface area (Å²) in [6, 6.07) is 4.01. The maximum atomic E-state index is 12.6. The van der Waals surface area contributed by atoms with E-state index in [0.29, 0.717) is 17.8 Å². The average molecular weight is 303 g/mol. The average Bonchev–Trinajstić information content (AvgIpc) is 2.56. The van der Waals surface area contributed by atoms with Crippen molar-refractivity contribution in [3.63, 3.8) is 0 Å². The SMILES string of the molecule is COc1ccc(NC(=O)N2CC[C@H](C)[C@@H]3CCCC[C@H]32)cn1. The molecule has 1 aliphatic heterocycles. The fourth-order valence-electron chi connectivity index (χ4n) is 3.94. The van der Waals surface area contributed by atoms with Gasteiger partial charge < -0.3 is 15.0 Å². The summed E-state index contributed by atoms with van der Waals surface area (Å²) in [5, 5.41) is 2.98. The number of likely N-dealkylation sites (tertiary alicyclic amines) is 1. The van der Waals surface area contributed by atoms with Crippen LogP contribution in [0.15, 0.2) is 18.3 Å². The standard InChI is InChI=1S/C17H25N3O2/c1-12-9-10-20(15-6-4-3-5-14(12)15)17(21)19-13-7-8-16(22-2)18-11-13/h7-8,11-12,14-15H,3-6,9-10H2,1-2H3,(H,19,21)/t12-,14-,15+/m0/s1. The number of pyridine rings is 1. The molecule has 0 aromatic carbocycles.